The molecule has 1 fully saturated rings. The normalized spacial score (nSPS) is 32.3. The van der Waals surface area contributed by atoms with E-state index in [9.17, 15) is 0 Å². The third-order valence-electron chi connectivity index (χ3n) is 4.81. The molecule has 2 unspecified atom stereocenters. The Morgan fingerprint density at radius 1 is 1.14 bits per heavy atom. The lowest BCUT2D eigenvalue weighted by molar-refractivity contribution is 0.292. The molecular weight excluding hydrogens is 277 g/mol. The standard InChI is InChI=1S/C18H26NOP/c1-12(2)16-11-20-18(19-16)15-7-5-6-8-17(15)21-13(3)9-10-14(21)4/h5-8,12-14,16H,9-11H2,1-4H3/t13?,14?,16-,21?/m0/s1. The summed E-state index contributed by atoms with van der Waals surface area (Å²) in [5.74, 6) is 1.43. The molecule has 0 bridgehead atoms. The van der Waals surface area contributed by atoms with Crippen LogP contribution in [0.3, 0.4) is 0 Å². The maximum absolute atomic E-state index is 5.94. The number of ether oxygens (including phenoxy) is 1. The van der Waals surface area contributed by atoms with Crippen molar-refractivity contribution < 1.29 is 4.74 Å². The molecule has 0 amide bonds. The quantitative estimate of drug-likeness (QED) is 0.768. The van der Waals surface area contributed by atoms with E-state index in [-0.39, 0.29) is 7.92 Å². The van der Waals surface area contributed by atoms with E-state index in [4.69, 9.17) is 9.73 Å². The van der Waals surface area contributed by atoms with Gasteiger partial charge in [0.1, 0.15) is 6.61 Å². The highest BCUT2D eigenvalue weighted by Crippen LogP contribution is 2.54. The van der Waals surface area contributed by atoms with E-state index >= 15 is 0 Å². The van der Waals surface area contributed by atoms with E-state index in [1.807, 2.05) is 0 Å². The minimum absolute atomic E-state index is 0.0900. The third kappa shape index (κ3) is 2.88. The lowest BCUT2D eigenvalue weighted by Gasteiger charge is -2.23. The van der Waals surface area contributed by atoms with Gasteiger partial charge < -0.3 is 4.74 Å². The summed E-state index contributed by atoms with van der Waals surface area (Å²) >= 11 is 0. The second kappa shape index (κ2) is 6.08. The van der Waals surface area contributed by atoms with Crippen molar-refractivity contribution in [2.75, 3.05) is 6.61 Å². The van der Waals surface area contributed by atoms with Gasteiger partial charge in [0.05, 0.1) is 6.04 Å². The number of benzene rings is 1. The molecule has 2 aliphatic heterocycles. The molecule has 2 aliphatic rings. The average molecular weight is 303 g/mol. The minimum Gasteiger partial charge on any atom is -0.475 e. The van der Waals surface area contributed by atoms with Gasteiger partial charge in [0.2, 0.25) is 5.90 Å². The fourth-order valence-electron chi connectivity index (χ4n) is 3.43. The molecule has 0 aliphatic carbocycles. The molecule has 0 spiro atoms. The van der Waals surface area contributed by atoms with Gasteiger partial charge in [-0.05, 0) is 41.4 Å². The van der Waals surface area contributed by atoms with Crippen LogP contribution in [0, 0.1) is 5.92 Å². The summed E-state index contributed by atoms with van der Waals surface area (Å²) in [6.45, 7) is 10.0. The Labute approximate surface area is 129 Å². The van der Waals surface area contributed by atoms with Crippen molar-refractivity contribution in [3.63, 3.8) is 0 Å². The average Bonchev–Trinajstić information content (AvgIpc) is 3.07. The van der Waals surface area contributed by atoms with E-state index in [0.717, 1.165) is 23.8 Å². The van der Waals surface area contributed by atoms with Crippen molar-refractivity contribution in [3.8, 4) is 0 Å². The molecule has 0 radical (unpaired) electrons. The molecule has 1 aromatic rings. The van der Waals surface area contributed by atoms with Gasteiger partial charge in [0.25, 0.3) is 0 Å². The van der Waals surface area contributed by atoms with Crippen LogP contribution in [-0.4, -0.2) is 29.9 Å². The Kier molecular flexibility index (Phi) is 4.36. The van der Waals surface area contributed by atoms with Crippen molar-refractivity contribution in [3.05, 3.63) is 29.8 Å². The van der Waals surface area contributed by atoms with Gasteiger partial charge in [-0.15, -0.1) is 0 Å². The Morgan fingerprint density at radius 2 is 1.81 bits per heavy atom. The third-order valence-corrected chi connectivity index (χ3v) is 8.17. The number of hydrogen-bond acceptors (Lipinski definition) is 2. The molecule has 0 saturated carbocycles. The van der Waals surface area contributed by atoms with Crippen LogP contribution in [-0.2, 0) is 4.74 Å². The molecule has 1 aromatic carbocycles. The molecule has 0 N–H and O–H groups in total. The first-order chi connectivity index (χ1) is 10.1. The molecule has 3 rings (SSSR count). The highest BCUT2D eigenvalue weighted by molar-refractivity contribution is 7.67. The van der Waals surface area contributed by atoms with Crippen LogP contribution in [0.5, 0.6) is 0 Å². The zero-order valence-electron chi connectivity index (χ0n) is 13.5. The van der Waals surface area contributed by atoms with Crippen LogP contribution in [0.4, 0.5) is 0 Å². The lowest BCUT2D eigenvalue weighted by Crippen LogP contribution is -2.19. The summed E-state index contributed by atoms with van der Waals surface area (Å²) in [7, 11) is -0.0900. The Bertz CT molecular complexity index is 530. The molecule has 0 aromatic heterocycles. The minimum atomic E-state index is -0.0900. The smallest absolute Gasteiger partial charge is 0.217 e. The van der Waals surface area contributed by atoms with Crippen LogP contribution in [0.2, 0.25) is 0 Å². The lowest BCUT2D eigenvalue weighted by atomic mass is 10.1. The maximum atomic E-state index is 5.94. The fourth-order valence-corrected chi connectivity index (χ4v) is 6.81. The topological polar surface area (TPSA) is 21.6 Å². The zero-order valence-corrected chi connectivity index (χ0v) is 14.4. The van der Waals surface area contributed by atoms with Gasteiger partial charge in [-0.1, -0.05) is 53.8 Å². The summed E-state index contributed by atoms with van der Waals surface area (Å²) in [5, 5.41) is 1.51. The Balaban J connectivity index is 1.96. The Hall–Kier alpha value is -0.880. The predicted molar refractivity (Wildman–Crippen MR) is 92.3 cm³/mol. The largest absolute Gasteiger partial charge is 0.475 e. The number of nitrogens with zero attached hydrogens (tertiary/aromatic N) is 1. The van der Waals surface area contributed by atoms with E-state index in [1.54, 1.807) is 0 Å². The summed E-state index contributed by atoms with van der Waals surface area (Å²) in [6.07, 6.45) is 2.73. The predicted octanol–water partition coefficient (Wildman–Crippen LogP) is 4.17. The van der Waals surface area contributed by atoms with Gasteiger partial charge in [0.15, 0.2) is 0 Å². The second-order valence-corrected chi connectivity index (χ2v) is 9.82. The van der Waals surface area contributed by atoms with Crippen LogP contribution in [0.25, 0.3) is 0 Å². The Morgan fingerprint density at radius 3 is 2.43 bits per heavy atom. The van der Waals surface area contributed by atoms with Crippen molar-refractivity contribution >= 4 is 19.1 Å². The molecule has 2 nitrogen and oxygen atoms in total. The fraction of sp³-hybridized carbons (Fsp3) is 0.611. The van der Waals surface area contributed by atoms with E-state index in [1.165, 1.54) is 23.7 Å². The van der Waals surface area contributed by atoms with E-state index in [2.05, 4.69) is 52.0 Å². The molecule has 3 atom stereocenters. The van der Waals surface area contributed by atoms with Gasteiger partial charge in [-0.25, -0.2) is 4.99 Å². The van der Waals surface area contributed by atoms with Crippen molar-refractivity contribution in [2.45, 2.75) is 57.9 Å². The van der Waals surface area contributed by atoms with Crippen molar-refractivity contribution in [1.29, 1.82) is 0 Å². The second-order valence-electron chi connectivity index (χ2n) is 6.76. The highest BCUT2D eigenvalue weighted by atomic mass is 31.1. The molecular formula is C18H26NOP. The summed E-state index contributed by atoms with van der Waals surface area (Å²) in [4.78, 5) is 4.84. The molecule has 114 valence electrons. The highest BCUT2D eigenvalue weighted by Gasteiger charge is 2.34. The summed E-state index contributed by atoms with van der Waals surface area (Å²) < 4.78 is 5.94. The molecule has 21 heavy (non-hydrogen) atoms. The number of rotatable bonds is 3. The van der Waals surface area contributed by atoms with Crippen LogP contribution < -0.4 is 5.30 Å². The zero-order chi connectivity index (χ0) is 15.0. The number of hydrogen-bond donors (Lipinski definition) is 0. The van der Waals surface area contributed by atoms with Gasteiger partial charge in [-0.3, -0.25) is 0 Å². The summed E-state index contributed by atoms with van der Waals surface area (Å²) in [5.41, 5.74) is 2.89. The maximum Gasteiger partial charge on any atom is 0.217 e. The first-order valence-corrected chi connectivity index (χ1v) is 9.64. The molecule has 1 saturated heterocycles. The molecule has 2 heterocycles. The summed E-state index contributed by atoms with van der Waals surface area (Å²) in [6, 6.07) is 9.13. The van der Waals surface area contributed by atoms with Crippen LogP contribution in [0.15, 0.2) is 29.3 Å². The SMILES string of the molecule is CC(C)[C@@H]1COC(c2ccccc2P2C(C)CCC2C)=N1. The first kappa shape index (κ1) is 15.0. The van der Waals surface area contributed by atoms with E-state index < -0.39 is 0 Å². The van der Waals surface area contributed by atoms with Gasteiger partial charge in [0, 0.05) is 5.56 Å². The van der Waals surface area contributed by atoms with E-state index in [0.29, 0.717) is 12.0 Å². The molecule has 3 heteroatoms. The van der Waals surface area contributed by atoms with Crippen LogP contribution in [0.1, 0.15) is 46.1 Å². The number of aliphatic imine (C=N–C) groups is 1. The van der Waals surface area contributed by atoms with Crippen molar-refractivity contribution in [1.82, 2.24) is 0 Å². The monoisotopic (exact) mass is 303 g/mol. The van der Waals surface area contributed by atoms with Gasteiger partial charge in [-0.2, -0.15) is 0 Å². The van der Waals surface area contributed by atoms with Crippen LogP contribution >= 0.6 is 7.92 Å². The first-order valence-electron chi connectivity index (χ1n) is 8.16. The van der Waals surface area contributed by atoms with Crippen molar-refractivity contribution in [2.24, 2.45) is 10.9 Å². The van der Waals surface area contributed by atoms with Gasteiger partial charge >= 0.3 is 0 Å².